The second-order valence-electron chi connectivity index (χ2n) is 3.89. The van der Waals surface area contributed by atoms with Crippen LogP contribution < -0.4 is 11.2 Å². The van der Waals surface area contributed by atoms with E-state index in [0.29, 0.717) is 10.0 Å². The minimum Gasteiger partial charge on any atom is -0.290 e. The predicted molar refractivity (Wildman–Crippen MR) is 70.0 cm³/mol. The van der Waals surface area contributed by atoms with Gasteiger partial charge in [0.15, 0.2) is 0 Å². The number of rotatable bonds is 2. The number of hydrogen-bond acceptors (Lipinski definition) is 3. The largest absolute Gasteiger partial charge is 0.329 e. The minimum absolute atomic E-state index is 0.0322. The zero-order chi connectivity index (χ0) is 12.6. The third kappa shape index (κ3) is 2.35. The van der Waals surface area contributed by atoms with Crippen LogP contribution in [-0.4, -0.2) is 9.55 Å². The Labute approximate surface area is 106 Å². The van der Waals surface area contributed by atoms with Crippen LogP contribution in [0.1, 0.15) is 19.9 Å². The molecular formula is C11H11ClN2O2S. The van der Waals surface area contributed by atoms with Gasteiger partial charge in [-0.3, -0.25) is 14.3 Å². The standard InChI is InChI=1S/C11H11ClN2O2S/c1-6(2)14-7(5-10(15)13-11(14)16)8-3-4-9(12)17-8/h3-6H,1-2H3,(H,13,15,16). The van der Waals surface area contributed by atoms with Gasteiger partial charge in [0.2, 0.25) is 0 Å². The van der Waals surface area contributed by atoms with E-state index in [0.717, 1.165) is 4.88 Å². The molecule has 2 aromatic heterocycles. The lowest BCUT2D eigenvalue weighted by Crippen LogP contribution is -2.31. The summed E-state index contributed by atoms with van der Waals surface area (Å²) in [5.74, 6) is 0. The molecule has 0 bridgehead atoms. The van der Waals surface area contributed by atoms with Crippen LogP contribution in [0.5, 0.6) is 0 Å². The Balaban J connectivity index is 2.76. The van der Waals surface area contributed by atoms with Gasteiger partial charge in [0.25, 0.3) is 5.56 Å². The van der Waals surface area contributed by atoms with Crippen molar-refractivity contribution in [3.05, 3.63) is 43.4 Å². The fraction of sp³-hybridized carbons (Fsp3) is 0.273. The summed E-state index contributed by atoms with van der Waals surface area (Å²) in [6.07, 6.45) is 0. The Morgan fingerprint density at radius 3 is 2.59 bits per heavy atom. The highest BCUT2D eigenvalue weighted by molar-refractivity contribution is 7.19. The third-order valence-electron chi connectivity index (χ3n) is 2.32. The highest BCUT2D eigenvalue weighted by atomic mass is 35.5. The molecule has 0 unspecified atom stereocenters. The first-order chi connectivity index (χ1) is 7.99. The van der Waals surface area contributed by atoms with Gasteiger partial charge in [-0.25, -0.2) is 4.79 Å². The van der Waals surface area contributed by atoms with Crippen molar-refractivity contribution in [3.63, 3.8) is 0 Å². The van der Waals surface area contributed by atoms with Crippen LogP contribution in [0.15, 0.2) is 27.8 Å². The van der Waals surface area contributed by atoms with E-state index in [1.54, 1.807) is 16.7 Å². The van der Waals surface area contributed by atoms with Gasteiger partial charge in [-0.1, -0.05) is 11.6 Å². The average molecular weight is 271 g/mol. The molecule has 0 spiro atoms. The van der Waals surface area contributed by atoms with E-state index >= 15 is 0 Å². The summed E-state index contributed by atoms with van der Waals surface area (Å²) in [6, 6.07) is 4.94. The second-order valence-corrected chi connectivity index (χ2v) is 5.61. The molecule has 0 saturated heterocycles. The van der Waals surface area contributed by atoms with Crippen LogP contribution >= 0.6 is 22.9 Å². The molecule has 0 aliphatic rings. The molecule has 0 amide bonds. The SMILES string of the molecule is CC(C)n1c(-c2ccc(Cl)s2)cc(=O)[nH]c1=O. The highest BCUT2D eigenvalue weighted by Crippen LogP contribution is 2.30. The fourth-order valence-corrected chi connectivity index (χ4v) is 2.72. The zero-order valence-corrected chi connectivity index (χ0v) is 10.9. The maximum atomic E-state index is 11.8. The van der Waals surface area contributed by atoms with Crippen LogP contribution in [0.4, 0.5) is 0 Å². The van der Waals surface area contributed by atoms with E-state index in [1.165, 1.54) is 17.4 Å². The zero-order valence-electron chi connectivity index (χ0n) is 9.36. The molecule has 0 atom stereocenters. The van der Waals surface area contributed by atoms with Crippen molar-refractivity contribution < 1.29 is 0 Å². The molecular weight excluding hydrogens is 260 g/mol. The quantitative estimate of drug-likeness (QED) is 0.912. The van der Waals surface area contributed by atoms with Crippen LogP contribution in [-0.2, 0) is 0 Å². The molecule has 1 N–H and O–H groups in total. The monoisotopic (exact) mass is 270 g/mol. The Morgan fingerprint density at radius 2 is 2.06 bits per heavy atom. The van der Waals surface area contributed by atoms with Crippen molar-refractivity contribution in [2.45, 2.75) is 19.9 Å². The summed E-state index contributed by atoms with van der Waals surface area (Å²) in [5, 5.41) is 0. The highest BCUT2D eigenvalue weighted by Gasteiger charge is 2.12. The topological polar surface area (TPSA) is 54.9 Å². The molecule has 4 nitrogen and oxygen atoms in total. The summed E-state index contributed by atoms with van der Waals surface area (Å²) in [4.78, 5) is 26.2. The third-order valence-corrected chi connectivity index (χ3v) is 3.57. The van der Waals surface area contributed by atoms with Crippen molar-refractivity contribution in [3.8, 4) is 10.6 Å². The first kappa shape index (κ1) is 12.1. The molecule has 0 fully saturated rings. The van der Waals surface area contributed by atoms with Gasteiger partial charge in [0.05, 0.1) is 14.9 Å². The van der Waals surface area contributed by atoms with Gasteiger partial charge in [-0.15, -0.1) is 11.3 Å². The first-order valence-corrected chi connectivity index (χ1v) is 6.30. The first-order valence-electron chi connectivity index (χ1n) is 5.10. The van der Waals surface area contributed by atoms with Gasteiger partial charge in [0.1, 0.15) is 0 Å². The van der Waals surface area contributed by atoms with E-state index in [1.807, 2.05) is 13.8 Å². The number of nitrogens with zero attached hydrogens (tertiary/aromatic N) is 1. The minimum atomic E-state index is -0.397. The molecule has 6 heteroatoms. The van der Waals surface area contributed by atoms with Gasteiger partial charge in [-0.2, -0.15) is 0 Å². The number of nitrogens with one attached hydrogen (secondary N) is 1. The normalized spacial score (nSPS) is 11.1. The van der Waals surface area contributed by atoms with Gasteiger partial charge in [-0.05, 0) is 26.0 Å². The summed E-state index contributed by atoms with van der Waals surface area (Å²) in [7, 11) is 0. The average Bonchev–Trinajstić information content (AvgIpc) is 2.62. The molecule has 17 heavy (non-hydrogen) atoms. The van der Waals surface area contributed by atoms with Crippen molar-refractivity contribution in [2.75, 3.05) is 0 Å². The maximum Gasteiger partial charge on any atom is 0.329 e. The Bertz CT molecular complexity index is 654. The van der Waals surface area contributed by atoms with Crippen LogP contribution in [0.2, 0.25) is 4.34 Å². The van der Waals surface area contributed by atoms with Gasteiger partial charge >= 0.3 is 5.69 Å². The van der Waals surface area contributed by atoms with E-state index in [4.69, 9.17) is 11.6 Å². The number of aromatic nitrogens is 2. The van der Waals surface area contributed by atoms with E-state index in [2.05, 4.69) is 4.98 Å². The molecule has 0 aliphatic heterocycles. The van der Waals surface area contributed by atoms with Crippen molar-refractivity contribution >= 4 is 22.9 Å². The Hall–Kier alpha value is -1.33. The molecule has 90 valence electrons. The summed E-state index contributed by atoms with van der Waals surface area (Å²) in [5.41, 5.74) is -0.191. The van der Waals surface area contributed by atoms with E-state index < -0.39 is 11.2 Å². The Kier molecular flexibility index (Phi) is 3.22. The molecule has 2 aromatic rings. The molecule has 2 rings (SSSR count). The molecule has 0 saturated carbocycles. The Morgan fingerprint density at radius 1 is 1.35 bits per heavy atom. The van der Waals surface area contributed by atoms with Crippen molar-refractivity contribution in [1.29, 1.82) is 0 Å². The maximum absolute atomic E-state index is 11.8. The number of halogens is 1. The summed E-state index contributed by atoms with van der Waals surface area (Å²) >= 11 is 7.21. The smallest absolute Gasteiger partial charge is 0.290 e. The van der Waals surface area contributed by atoms with Crippen molar-refractivity contribution in [1.82, 2.24) is 9.55 Å². The lowest BCUT2D eigenvalue weighted by atomic mass is 10.3. The summed E-state index contributed by atoms with van der Waals surface area (Å²) in [6.45, 7) is 3.77. The number of aromatic amines is 1. The number of thiophene rings is 1. The second kappa shape index (κ2) is 4.50. The van der Waals surface area contributed by atoms with E-state index in [-0.39, 0.29) is 6.04 Å². The lowest BCUT2D eigenvalue weighted by Gasteiger charge is -2.13. The van der Waals surface area contributed by atoms with Crippen LogP contribution in [0.3, 0.4) is 0 Å². The number of hydrogen-bond donors (Lipinski definition) is 1. The van der Waals surface area contributed by atoms with E-state index in [9.17, 15) is 9.59 Å². The number of H-pyrrole nitrogens is 1. The molecule has 2 heterocycles. The van der Waals surface area contributed by atoms with Crippen LogP contribution in [0, 0.1) is 0 Å². The molecule has 0 aliphatic carbocycles. The lowest BCUT2D eigenvalue weighted by molar-refractivity contribution is 0.568. The van der Waals surface area contributed by atoms with Crippen LogP contribution in [0.25, 0.3) is 10.6 Å². The van der Waals surface area contributed by atoms with Crippen molar-refractivity contribution in [2.24, 2.45) is 0 Å². The van der Waals surface area contributed by atoms with Gasteiger partial charge in [0, 0.05) is 12.1 Å². The summed E-state index contributed by atoms with van der Waals surface area (Å²) < 4.78 is 2.17. The van der Waals surface area contributed by atoms with Gasteiger partial charge < -0.3 is 0 Å². The fourth-order valence-electron chi connectivity index (χ4n) is 1.66. The molecule has 0 radical (unpaired) electrons. The predicted octanol–water partition coefficient (Wildman–Crippen LogP) is 2.50. The molecule has 0 aromatic carbocycles.